The normalized spacial score (nSPS) is 18.0. The lowest BCUT2D eigenvalue weighted by atomic mass is 9.85. The summed E-state index contributed by atoms with van der Waals surface area (Å²) < 4.78 is 5.56. The molecule has 1 aliphatic rings. The molecule has 2 aromatic carbocycles. The molecule has 0 fully saturated rings. The minimum absolute atomic E-state index is 0.186. The van der Waals surface area contributed by atoms with Crippen molar-refractivity contribution in [1.82, 2.24) is 0 Å². The number of hydrogen-bond donors (Lipinski definition) is 2. The van der Waals surface area contributed by atoms with Crippen molar-refractivity contribution < 1.29 is 24.2 Å². The van der Waals surface area contributed by atoms with Gasteiger partial charge in [0.25, 0.3) is 5.91 Å². The standard InChI is InChI=1S/C22H24N2O5/c1-14-13-18(22(27)28)17-5-2-3-6-19(17)24(14)21(26)15-8-10-16(11-9-15)29-12-4-7-20(23)25/h2-3,5-6,8-11,14,18H,4,7,12-13H2,1H3,(H2,23,25)(H,27,28)/t14-,18+/m1/s1. The summed E-state index contributed by atoms with van der Waals surface area (Å²) in [5.41, 5.74) is 6.88. The summed E-state index contributed by atoms with van der Waals surface area (Å²) in [6.07, 6.45) is 1.15. The molecule has 0 spiro atoms. The lowest BCUT2D eigenvalue weighted by molar-refractivity contribution is -0.139. The lowest BCUT2D eigenvalue weighted by Crippen LogP contribution is -2.44. The van der Waals surface area contributed by atoms with Crippen LogP contribution in [-0.4, -0.2) is 35.5 Å². The van der Waals surface area contributed by atoms with E-state index in [1.807, 2.05) is 6.92 Å². The number of benzene rings is 2. The third-order valence-corrected chi connectivity index (χ3v) is 5.04. The fourth-order valence-electron chi connectivity index (χ4n) is 3.63. The summed E-state index contributed by atoms with van der Waals surface area (Å²) in [5, 5.41) is 9.55. The zero-order valence-electron chi connectivity index (χ0n) is 16.2. The first-order valence-corrected chi connectivity index (χ1v) is 9.55. The lowest BCUT2D eigenvalue weighted by Gasteiger charge is -2.38. The Balaban J connectivity index is 1.76. The van der Waals surface area contributed by atoms with E-state index in [-0.39, 0.29) is 24.3 Å². The monoisotopic (exact) mass is 396 g/mol. The van der Waals surface area contributed by atoms with Gasteiger partial charge in [0.1, 0.15) is 5.75 Å². The second-order valence-corrected chi connectivity index (χ2v) is 7.15. The van der Waals surface area contributed by atoms with Gasteiger partial charge in [-0.2, -0.15) is 0 Å². The number of carboxylic acids is 1. The van der Waals surface area contributed by atoms with Crippen LogP contribution in [0.5, 0.6) is 5.75 Å². The number of carbonyl (C=O) groups excluding carboxylic acids is 2. The Hall–Kier alpha value is -3.35. The maximum absolute atomic E-state index is 13.2. The number of primary amides is 1. The van der Waals surface area contributed by atoms with Gasteiger partial charge >= 0.3 is 5.97 Å². The molecule has 7 heteroatoms. The molecule has 3 N–H and O–H groups in total. The second kappa shape index (κ2) is 8.77. The molecule has 0 aromatic heterocycles. The largest absolute Gasteiger partial charge is 0.494 e. The van der Waals surface area contributed by atoms with Crippen molar-refractivity contribution in [2.75, 3.05) is 11.5 Å². The quantitative estimate of drug-likeness (QED) is 0.699. The zero-order valence-corrected chi connectivity index (χ0v) is 16.2. The van der Waals surface area contributed by atoms with Gasteiger partial charge < -0.3 is 20.5 Å². The average molecular weight is 396 g/mol. The highest BCUT2D eigenvalue weighted by Gasteiger charge is 2.37. The Kier molecular flexibility index (Phi) is 6.16. The third-order valence-electron chi connectivity index (χ3n) is 5.04. The van der Waals surface area contributed by atoms with Gasteiger partial charge in [-0.3, -0.25) is 14.4 Å². The van der Waals surface area contributed by atoms with Crippen molar-refractivity contribution in [2.45, 2.75) is 38.1 Å². The molecule has 0 bridgehead atoms. The minimum Gasteiger partial charge on any atom is -0.494 e. The van der Waals surface area contributed by atoms with E-state index in [1.165, 1.54) is 0 Å². The highest BCUT2D eigenvalue weighted by Crippen LogP contribution is 2.39. The van der Waals surface area contributed by atoms with Crippen LogP contribution in [0, 0.1) is 0 Å². The molecule has 7 nitrogen and oxygen atoms in total. The van der Waals surface area contributed by atoms with Crippen LogP contribution in [0.2, 0.25) is 0 Å². The molecule has 1 aliphatic heterocycles. The van der Waals surface area contributed by atoms with Crippen LogP contribution in [0.3, 0.4) is 0 Å². The number of carboxylic acid groups (broad SMARTS) is 1. The van der Waals surface area contributed by atoms with Crippen molar-refractivity contribution in [3.63, 3.8) is 0 Å². The van der Waals surface area contributed by atoms with E-state index >= 15 is 0 Å². The van der Waals surface area contributed by atoms with Gasteiger partial charge in [0.15, 0.2) is 0 Å². The summed E-state index contributed by atoms with van der Waals surface area (Å²) in [6, 6.07) is 13.7. The first-order chi connectivity index (χ1) is 13.9. The molecule has 0 aliphatic carbocycles. The molecule has 29 heavy (non-hydrogen) atoms. The number of ether oxygens (including phenoxy) is 1. The van der Waals surface area contributed by atoms with Gasteiger partial charge in [-0.15, -0.1) is 0 Å². The summed E-state index contributed by atoms with van der Waals surface area (Å²) >= 11 is 0. The molecule has 152 valence electrons. The van der Waals surface area contributed by atoms with E-state index < -0.39 is 11.9 Å². The summed E-state index contributed by atoms with van der Waals surface area (Å²) in [5.74, 6) is -1.45. The molecule has 0 unspecified atom stereocenters. The van der Waals surface area contributed by atoms with E-state index in [2.05, 4.69) is 0 Å². The maximum atomic E-state index is 13.2. The molecule has 2 atom stereocenters. The fraction of sp³-hybridized carbons (Fsp3) is 0.318. The molecular formula is C22H24N2O5. The molecule has 0 saturated carbocycles. The van der Waals surface area contributed by atoms with Crippen LogP contribution in [-0.2, 0) is 9.59 Å². The highest BCUT2D eigenvalue weighted by atomic mass is 16.5. The van der Waals surface area contributed by atoms with Crippen LogP contribution >= 0.6 is 0 Å². The van der Waals surface area contributed by atoms with E-state index in [4.69, 9.17) is 10.5 Å². The molecule has 2 aromatic rings. The van der Waals surface area contributed by atoms with Crippen molar-refractivity contribution >= 4 is 23.5 Å². The van der Waals surface area contributed by atoms with Gasteiger partial charge in [0.05, 0.1) is 12.5 Å². The van der Waals surface area contributed by atoms with Crippen LogP contribution in [0.25, 0.3) is 0 Å². The van der Waals surface area contributed by atoms with Crippen LogP contribution < -0.4 is 15.4 Å². The molecule has 0 radical (unpaired) electrons. The van der Waals surface area contributed by atoms with Crippen molar-refractivity contribution in [1.29, 1.82) is 0 Å². The number of nitrogens with zero attached hydrogens (tertiary/aromatic N) is 1. The molecular weight excluding hydrogens is 372 g/mol. The first kappa shape index (κ1) is 20.4. The second-order valence-electron chi connectivity index (χ2n) is 7.15. The Bertz CT molecular complexity index is 910. The van der Waals surface area contributed by atoms with Crippen molar-refractivity contribution in [3.8, 4) is 5.75 Å². The predicted octanol–water partition coefficient (Wildman–Crippen LogP) is 2.94. The summed E-state index contributed by atoms with van der Waals surface area (Å²) in [4.78, 5) is 37.2. The Morgan fingerprint density at radius 2 is 1.83 bits per heavy atom. The SMILES string of the molecule is C[C@@H]1C[C@H](C(=O)O)c2ccccc2N1C(=O)c1ccc(OCCCC(N)=O)cc1. The van der Waals surface area contributed by atoms with Crippen molar-refractivity contribution in [3.05, 3.63) is 59.7 Å². The third kappa shape index (κ3) is 4.56. The predicted molar refractivity (Wildman–Crippen MR) is 108 cm³/mol. The highest BCUT2D eigenvalue weighted by molar-refractivity contribution is 6.07. The first-order valence-electron chi connectivity index (χ1n) is 9.55. The van der Waals surface area contributed by atoms with Gasteiger partial charge in [-0.05, 0) is 55.7 Å². The average Bonchev–Trinajstić information content (AvgIpc) is 2.70. The smallest absolute Gasteiger partial charge is 0.311 e. The maximum Gasteiger partial charge on any atom is 0.311 e. The number of rotatable bonds is 7. The summed E-state index contributed by atoms with van der Waals surface area (Å²) in [7, 11) is 0. The van der Waals surface area contributed by atoms with Crippen LogP contribution in [0.4, 0.5) is 5.69 Å². The molecule has 2 amide bonds. The molecule has 3 rings (SSSR count). The zero-order chi connectivity index (χ0) is 21.0. The van der Waals surface area contributed by atoms with E-state index in [9.17, 15) is 19.5 Å². The van der Waals surface area contributed by atoms with E-state index in [0.29, 0.717) is 42.0 Å². The van der Waals surface area contributed by atoms with Crippen molar-refractivity contribution in [2.24, 2.45) is 5.73 Å². The van der Waals surface area contributed by atoms with Crippen LogP contribution in [0.15, 0.2) is 48.5 Å². The Morgan fingerprint density at radius 1 is 1.14 bits per heavy atom. The number of aliphatic carboxylic acids is 1. The number of para-hydroxylation sites is 1. The van der Waals surface area contributed by atoms with Gasteiger partial charge in [0, 0.05) is 23.7 Å². The van der Waals surface area contributed by atoms with E-state index in [1.54, 1.807) is 53.4 Å². The van der Waals surface area contributed by atoms with Gasteiger partial charge in [0.2, 0.25) is 5.91 Å². The number of hydrogen-bond acceptors (Lipinski definition) is 4. The Labute approximate surface area is 169 Å². The van der Waals surface area contributed by atoms with Gasteiger partial charge in [-0.25, -0.2) is 0 Å². The number of nitrogens with two attached hydrogens (primary N) is 1. The summed E-state index contributed by atoms with van der Waals surface area (Å²) in [6.45, 7) is 2.23. The topological polar surface area (TPSA) is 110 Å². The number of carbonyl (C=O) groups is 3. The van der Waals surface area contributed by atoms with Gasteiger partial charge in [-0.1, -0.05) is 18.2 Å². The fourth-order valence-corrected chi connectivity index (χ4v) is 3.63. The Morgan fingerprint density at radius 3 is 2.48 bits per heavy atom. The minimum atomic E-state index is -0.880. The number of fused-ring (bicyclic) bond motifs is 1. The van der Waals surface area contributed by atoms with E-state index in [0.717, 1.165) is 0 Å². The molecule has 1 heterocycles. The number of anilines is 1. The molecule has 0 saturated heterocycles. The number of amides is 2. The van der Waals surface area contributed by atoms with Crippen LogP contribution in [0.1, 0.15) is 48.0 Å².